The second-order valence-corrected chi connectivity index (χ2v) is 20.1. The van der Waals surface area contributed by atoms with Crippen LogP contribution in [-0.4, -0.2) is 28.9 Å². The van der Waals surface area contributed by atoms with Crippen molar-refractivity contribution in [3.05, 3.63) is 96.4 Å². The van der Waals surface area contributed by atoms with Crippen LogP contribution in [0.15, 0.2) is 84.8 Å². The molecule has 0 spiro atoms. The van der Waals surface area contributed by atoms with E-state index in [0.717, 1.165) is 22.2 Å². The quantitative estimate of drug-likeness (QED) is 0.0621. The molecule has 0 unspecified atom stereocenters. The molecular weight excluding hydrogens is 785 g/mol. The van der Waals surface area contributed by atoms with Gasteiger partial charge in [0, 0.05) is 48.9 Å². The predicted molar refractivity (Wildman–Crippen MR) is 202 cm³/mol. The van der Waals surface area contributed by atoms with Gasteiger partial charge in [0.2, 0.25) is 0 Å². The molecule has 0 aliphatic carbocycles. The number of aliphatic hydroxyl groups is 1. The van der Waals surface area contributed by atoms with Crippen LogP contribution in [0, 0.1) is 16.9 Å². The first-order chi connectivity index (χ1) is 22.0. The number of fused-ring (bicyclic) bond motifs is 7. The minimum Gasteiger partial charge on any atom is -0.512 e. The molecule has 48 heavy (non-hydrogen) atoms. The molecule has 1 aliphatic rings. The number of allylic oxidation sites excluding steroid dienone is 2. The fourth-order valence-electron chi connectivity index (χ4n) is 6.32. The van der Waals surface area contributed by atoms with Crippen molar-refractivity contribution in [1.29, 1.82) is 0 Å². The number of aromatic nitrogens is 2. The molecule has 0 amide bonds. The molecule has 0 saturated carbocycles. The Morgan fingerprint density at radius 3 is 2.21 bits per heavy atom. The normalized spacial score (nSPS) is 14.1. The third kappa shape index (κ3) is 6.27. The molecule has 4 nitrogen and oxygen atoms in total. The second kappa shape index (κ2) is 12.6. The van der Waals surface area contributed by atoms with Crippen molar-refractivity contribution in [3.63, 3.8) is 0 Å². The summed E-state index contributed by atoms with van der Waals surface area (Å²) >= 11 is 0. The minimum atomic E-state index is -2.10. The maximum absolute atomic E-state index is 11.5. The predicted octanol–water partition coefficient (Wildman–Crippen LogP) is 9.90. The van der Waals surface area contributed by atoms with Gasteiger partial charge in [0.05, 0.1) is 8.07 Å². The van der Waals surface area contributed by atoms with Crippen LogP contribution >= 0.6 is 0 Å². The van der Waals surface area contributed by atoms with Crippen molar-refractivity contribution < 1.29 is 30.0 Å². The van der Waals surface area contributed by atoms with Crippen LogP contribution in [0.2, 0.25) is 13.1 Å². The maximum Gasteiger partial charge on any atom is 0.164 e. The summed E-state index contributed by atoms with van der Waals surface area (Å²) in [7, 11) is -2.10. The summed E-state index contributed by atoms with van der Waals surface area (Å²) in [5.74, 6) is 0.604. The van der Waals surface area contributed by atoms with E-state index in [2.05, 4.69) is 99.7 Å². The van der Waals surface area contributed by atoms with Crippen molar-refractivity contribution in [2.24, 2.45) is 10.8 Å². The van der Waals surface area contributed by atoms with Gasteiger partial charge in [-0.15, -0.1) is 12.1 Å². The van der Waals surface area contributed by atoms with Crippen molar-refractivity contribution in [2.75, 3.05) is 0 Å². The first kappa shape index (κ1) is 35.6. The van der Waals surface area contributed by atoms with E-state index < -0.39 is 13.5 Å². The Bertz CT molecular complexity index is 2260. The van der Waals surface area contributed by atoms with Crippen molar-refractivity contribution >= 4 is 67.6 Å². The van der Waals surface area contributed by atoms with E-state index in [0.29, 0.717) is 5.92 Å². The van der Waals surface area contributed by atoms with Crippen molar-refractivity contribution in [2.45, 2.75) is 74.4 Å². The number of pyridine rings is 2. The van der Waals surface area contributed by atoms with Crippen LogP contribution in [0.3, 0.4) is 0 Å². The maximum atomic E-state index is 11.5. The zero-order chi connectivity index (χ0) is 34.1. The number of carbonyl (C=O) groups excluding carboxylic acids is 1. The van der Waals surface area contributed by atoms with E-state index in [9.17, 15) is 9.90 Å². The van der Waals surface area contributed by atoms with Gasteiger partial charge in [-0.2, -0.15) is 0 Å². The topological polar surface area (TPSA) is 63.1 Å². The van der Waals surface area contributed by atoms with Gasteiger partial charge < -0.3 is 10.1 Å². The Morgan fingerprint density at radius 2 is 1.54 bits per heavy atom. The molecule has 1 aliphatic heterocycles. The number of benzene rings is 4. The van der Waals surface area contributed by atoms with Gasteiger partial charge in [0.1, 0.15) is 5.76 Å². The molecule has 0 bridgehead atoms. The first-order valence-corrected chi connectivity index (χ1v) is 19.6. The van der Waals surface area contributed by atoms with E-state index in [1.807, 2.05) is 47.7 Å². The summed E-state index contributed by atoms with van der Waals surface area (Å²) in [6, 6.07) is 28.2. The van der Waals surface area contributed by atoms with E-state index in [1.54, 1.807) is 0 Å². The van der Waals surface area contributed by atoms with Gasteiger partial charge in [0.25, 0.3) is 0 Å². The minimum absolute atomic E-state index is 0. The van der Waals surface area contributed by atoms with E-state index in [4.69, 9.17) is 9.97 Å². The molecule has 6 heteroatoms. The zero-order valence-electron chi connectivity index (χ0n) is 29.7. The molecule has 249 valence electrons. The summed E-state index contributed by atoms with van der Waals surface area (Å²) < 4.78 is 0. The van der Waals surface area contributed by atoms with Gasteiger partial charge in [-0.3, -0.25) is 9.78 Å². The van der Waals surface area contributed by atoms with Crippen LogP contribution < -0.4 is 10.5 Å². The summed E-state index contributed by atoms with van der Waals surface area (Å²) in [5, 5.41) is 21.1. The van der Waals surface area contributed by atoms with E-state index in [1.165, 1.54) is 54.5 Å². The molecule has 2 aromatic heterocycles. The van der Waals surface area contributed by atoms with Crippen molar-refractivity contribution in [1.82, 2.24) is 9.97 Å². The Labute approximate surface area is 299 Å². The van der Waals surface area contributed by atoms with Crippen LogP contribution in [0.5, 0.6) is 0 Å². The molecule has 1 N–H and O–H groups in total. The first-order valence-electron chi connectivity index (χ1n) is 16.6. The number of hydrogen-bond acceptors (Lipinski definition) is 4. The molecule has 0 atom stereocenters. The number of carbonyl (C=O) groups is 1. The monoisotopic (exact) mass is 830 g/mol. The Balaban J connectivity index is 0.000000277. The largest absolute Gasteiger partial charge is 0.512 e. The molecular formula is C42H45IrN2O2Si-. The van der Waals surface area contributed by atoms with Gasteiger partial charge in [0.15, 0.2) is 5.78 Å². The zero-order valence-corrected chi connectivity index (χ0v) is 33.1. The SMILES string of the molecule is CC(C)(C)C(=O)/C=C(\O)C(C)(C)C.CC(C)c1ccc2ccc3c4ccnc5c4c(cc3c2c1)[Si](C)(C)c1nc2ccccc2[c-]c1-5.[Ir]. The number of aliphatic hydroxyl groups excluding tert-OH is 1. The second-order valence-electron chi connectivity index (χ2n) is 15.8. The number of ketones is 1. The summed E-state index contributed by atoms with van der Waals surface area (Å²) in [6.45, 7) is 20.5. The smallest absolute Gasteiger partial charge is 0.164 e. The Hall–Kier alpha value is -3.70. The fraction of sp³-hybridized carbons (Fsp3) is 0.310. The standard InChI is InChI=1S/C31H25N2Si.C11H20O2.Ir/c1-18(2)20-10-9-19-11-12-22-23-13-14-32-30-26-16-21-7-5-6-8-27(21)33-31(26)34(3,4)28(29(23)30)17-25(22)24(19)15-20;1-10(2,3)8(12)7-9(13)11(4,5)6;/h5-15,17-18H,1-4H3;7,12H,1-6H3;/q-1;;/b;8-7-;. The summed E-state index contributed by atoms with van der Waals surface area (Å²) in [4.78, 5) is 21.6. The van der Waals surface area contributed by atoms with Crippen LogP contribution in [0.25, 0.3) is 54.5 Å². The van der Waals surface area contributed by atoms with E-state index >= 15 is 0 Å². The molecule has 1 radical (unpaired) electrons. The fourth-order valence-corrected chi connectivity index (χ4v) is 9.17. The van der Waals surface area contributed by atoms with E-state index in [-0.39, 0.29) is 37.1 Å². The molecule has 7 rings (SSSR count). The number of nitrogens with zero attached hydrogens (tertiary/aromatic N) is 2. The van der Waals surface area contributed by atoms with Gasteiger partial charge >= 0.3 is 0 Å². The third-order valence-corrected chi connectivity index (χ3v) is 12.8. The Kier molecular flexibility index (Phi) is 9.37. The number of rotatable bonds is 2. The average molecular weight is 830 g/mol. The third-order valence-electron chi connectivity index (χ3n) is 9.46. The van der Waals surface area contributed by atoms with Crippen LogP contribution in [0.1, 0.15) is 66.9 Å². The van der Waals surface area contributed by atoms with Crippen LogP contribution in [-0.2, 0) is 24.9 Å². The number of hydrogen-bond donors (Lipinski definition) is 1. The summed E-state index contributed by atoms with van der Waals surface area (Å²) in [5.41, 5.74) is 3.76. The van der Waals surface area contributed by atoms with Crippen LogP contribution in [0.4, 0.5) is 0 Å². The van der Waals surface area contributed by atoms with Gasteiger partial charge in [-0.25, -0.2) is 0 Å². The molecule has 6 aromatic rings. The molecule has 4 aromatic carbocycles. The molecule has 0 fully saturated rings. The van der Waals surface area contributed by atoms with Gasteiger partial charge in [-0.1, -0.05) is 139 Å². The molecule has 3 heterocycles. The summed E-state index contributed by atoms with van der Waals surface area (Å²) in [6.07, 6.45) is 3.29. The Morgan fingerprint density at radius 1 is 0.854 bits per heavy atom. The van der Waals surface area contributed by atoms with Crippen molar-refractivity contribution in [3.8, 4) is 11.3 Å². The average Bonchev–Trinajstić information content (AvgIpc) is 3.01. The molecule has 0 saturated heterocycles. The number of para-hydroxylation sites is 1. The van der Waals surface area contributed by atoms with Gasteiger partial charge in [-0.05, 0) is 60.7 Å².